The summed E-state index contributed by atoms with van der Waals surface area (Å²) in [6.45, 7) is 0. The average Bonchev–Trinajstić information content (AvgIpc) is 1.37. The fourth-order valence-electron chi connectivity index (χ4n) is 0. The Kier molecular flexibility index (Phi) is 3.51. The standard InChI is InChI=1S/B2FHS/c3-1-2-4/h1H. The Bertz CT molecular complexity index is 20.0. The number of hydrogen-bond acceptors (Lipinski definition) is 1. The van der Waals surface area contributed by atoms with Crippen LogP contribution >= 0.6 is 12.1 Å². The molecule has 0 saturated heterocycles. The molecule has 0 bridgehead atoms. The van der Waals surface area contributed by atoms with Crippen molar-refractivity contribution in [3.63, 3.8) is 0 Å². The van der Waals surface area contributed by atoms with Gasteiger partial charge in [-0.15, -0.1) is 0 Å². The van der Waals surface area contributed by atoms with Crippen LogP contribution in [-0.4, -0.2) is 13.5 Å². The number of rotatable bonds is 1. The molecule has 0 atom stereocenters. The second-order valence-corrected chi connectivity index (χ2v) is 0.654. The van der Waals surface area contributed by atoms with Gasteiger partial charge in [0, 0.05) is 0 Å². The third kappa shape index (κ3) is 2.28. The first kappa shape index (κ1) is 4.28. The third-order valence-corrected chi connectivity index (χ3v) is 0.189. The molecule has 0 nitrogen and oxygen atoms in total. The fourth-order valence-corrected chi connectivity index (χ4v) is 0. The summed E-state index contributed by atoms with van der Waals surface area (Å²) in [7, 11) is -0.491. The van der Waals surface area contributed by atoms with Crippen molar-refractivity contribution in [3.8, 4) is 0 Å². The molecule has 4 heteroatoms. The van der Waals surface area contributed by atoms with Gasteiger partial charge in [-0.25, -0.2) is 0 Å². The molecule has 0 rings (SSSR count). The van der Waals surface area contributed by atoms with Gasteiger partial charge in [-0.3, -0.25) is 0 Å². The van der Waals surface area contributed by atoms with E-state index in [-0.39, 0.29) is 0 Å². The molecule has 0 aromatic rings. The van der Waals surface area contributed by atoms with Crippen molar-refractivity contribution in [3.05, 3.63) is 0 Å². The van der Waals surface area contributed by atoms with Crippen LogP contribution in [0.2, 0.25) is 0 Å². The molecule has 0 aromatic heterocycles. The van der Waals surface area contributed by atoms with Gasteiger partial charge in [-0.1, -0.05) is 0 Å². The van der Waals surface area contributed by atoms with Crippen molar-refractivity contribution in [2.75, 3.05) is 0 Å². The van der Waals surface area contributed by atoms with Crippen molar-refractivity contribution in [2.24, 2.45) is 0 Å². The number of halogens is 1. The van der Waals surface area contributed by atoms with Crippen molar-refractivity contribution in [2.45, 2.75) is 0 Å². The van der Waals surface area contributed by atoms with Crippen LogP contribution in [0.3, 0.4) is 0 Å². The van der Waals surface area contributed by atoms with Gasteiger partial charge in [-0.2, -0.15) is 0 Å². The zero-order valence-electron chi connectivity index (χ0n) is 2.07. The fraction of sp³-hybridized carbons (Fsp3) is 0. The summed E-state index contributed by atoms with van der Waals surface area (Å²) in [5.41, 5.74) is 0. The molecule has 0 spiro atoms. The molecular weight excluding hydrogens is 72.7 g/mol. The molecule has 0 saturated carbocycles. The van der Waals surface area contributed by atoms with Gasteiger partial charge in [0.05, 0.1) is 0 Å². The Morgan fingerprint density at radius 3 is 2.25 bits per heavy atom. The van der Waals surface area contributed by atoms with Gasteiger partial charge in [0.2, 0.25) is 0 Å². The van der Waals surface area contributed by atoms with Crippen LogP contribution in [-0.2, 0) is 0 Å². The molecule has 0 amide bonds. The van der Waals surface area contributed by atoms with Gasteiger partial charge in [0.1, 0.15) is 0 Å². The zero-order chi connectivity index (χ0) is 3.41. The summed E-state index contributed by atoms with van der Waals surface area (Å²) in [6.07, 6.45) is 0. The Labute approximate surface area is 30.8 Å². The van der Waals surface area contributed by atoms with Gasteiger partial charge in [-0.05, 0) is 0 Å². The summed E-state index contributed by atoms with van der Waals surface area (Å²) < 4.78 is 10.6. The van der Waals surface area contributed by atoms with Crippen molar-refractivity contribution in [1.82, 2.24) is 0 Å². The second-order valence-electron chi connectivity index (χ2n) is 0.321. The van der Waals surface area contributed by atoms with E-state index in [1.165, 1.54) is 0 Å². The zero-order valence-corrected chi connectivity index (χ0v) is 2.89. The first-order chi connectivity index (χ1) is 1.91. The Hall–Kier alpha value is 0.280. The molecule has 0 fully saturated rings. The van der Waals surface area contributed by atoms with E-state index in [1.807, 2.05) is 0 Å². The normalized spacial score (nSPS) is 4.25. The van der Waals surface area contributed by atoms with E-state index in [0.717, 1.165) is 6.05 Å². The van der Waals surface area contributed by atoms with E-state index in [4.69, 9.17) is 0 Å². The van der Waals surface area contributed by atoms with E-state index in [1.54, 1.807) is 0 Å². The minimum absolute atomic E-state index is 0.491. The van der Waals surface area contributed by atoms with Crippen LogP contribution < -0.4 is 0 Å². The van der Waals surface area contributed by atoms with E-state index in [9.17, 15) is 4.32 Å². The Morgan fingerprint density at radius 1 is 2.00 bits per heavy atom. The summed E-state index contributed by atoms with van der Waals surface area (Å²) >= 11 is 4.05. The van der Waals surface area contributed by atoms with E-state index in [0.29, 0.717) is 0 Å². The molecule has 4 heavy (non-hydrogen) atoms. The van der Waals surface area contributed by atoms with Gasteiger partial charge >= 0.3 is 29.9 Å². The van der Waals surface area contributed by atoms with E-state index >= 15 is 0 Å². The van der Waals surface area contributed by atoms with Gasteiger partial charge < -0.3 is 0 Å². The molecule has 0 radical (unpaired) electrons. The first-order valence-corrected chi connectivity index (χ1v) is 1.38. The van der Waals surface area contributed by atoms with Crippen LogP contribution in [0.15, 0.2) is 0 Å². The van der Waals surface area contributed by atoms with E-state index < -0.39 is 7.45 Å². The summed E-state index contributed by atoms with van der Waals surface area (Å²) in [6, 6.07) is 1.04. The molecule has 0 unspecified atom stereocenters. The molecule has 0 aliphatic heterocycles. The van der Waals surface area contributed by atoms with E-state index in [2.05, 4.69) is 12.1 Å². The molecule has 0 heterocycles. The summed E-state index contributed by atoms with van der Waals surface area (Å²) in [5, 5.41) is 0. The van der Waals surface area contributed by atoms with Crippen LogP contribution in [0, 0.1) is 0 Å². The molecule has 20 valence electrons. The third-order valence-electron chi connectivity index (χ3n) is 0.0630. The molecule has 0 aliphatic carbocycles. The van der Waals surface area contributed by atoms with Crippen molar-refractivity contribution >= 4 is 25.5 Å². The summed E-state index contributed by atoms with van der Waals surface area (Å²) in [4.78, 5) is 0. The minimum atomic E-state index is -0.491. The maximum absolute atomic E-state index is 10.6. The summed E-state index contributed by atoms with van der Waals surface area (Å²) in [5.74, 6) is 0. The van der Waals surface area contributed by atoms with Gasteiger partial charge in [0.15, 0.2) is 0 Å². The predicted octanol–water partition coefficient (Wildman–Crippen LogP) is 0.0391. The molecule has 0 N–H and O–H groups in total. The van der Waals surface area contributed by atoms with Crippen LogP contribution in [0.4, 0.5) is 4.32 Å². The predicted molar refractivity (Wildman–Crippen MR) is 21.6 cm³/mol. The monoisotopic (exact) mass is 74.0 g/mol. The number of hydrogen-bond donors (Lipinski definition) is 0. The Balaban J connectivity index is 2.30. The van der Waals surface area contributed by atoms with Crippen molar-refractivity contribution in [1.29, 1.82) is 0 Å². The maximum atomic E-state index is 10.6. The average molecular weight is 73.7 g/mol. The second kappa shape index (κ2) is 3.28. The SMILES string of the molecule is FBB=S. The molecule has 0 aliphatic rings. The first-order valence-electron chi connectivity index (χ1n) is 0.911. The van der Waals surface area contributed by atoms with Crippen LogP contribution in [0.5, 0.6) is 0 Å². The topological polar surface area (TPSA) is 0 Å². The van der Waals surface area contributed by atoms with Crippen LogP contribution in [0.25, 0.3) is 0 Å². The Morgan fingerprint density at radius 2 is 2.25 bits per heavy atom. The van der Waals surface area contributed by atoms with Gasteiger partial charge in [0.25, 0.3) is 0 Å². The molecule has 0 aromatic carbocycles. The quantitative estimate of drug-likeness (QED) is 0.395. The van der Waals surface area contributed by atoms with Crippen molar-refractivity contribution < 1.29 is 4.32 Å². The van der Waals surface area contributed by atoms with Crippen LogP contribution in [0.1, 0.15) is 0 Å². The molecular formula is HB2FS.